The number of ether oxygens (including phenoxy) is 8. The number of carbonyl (C=O) groups is 6. The van der Waals surface area contributed by atoms with Crippen LogP contribution in [0.2, 0.25) is 0 Å². The van der Waals surface area contributed by atoms with Crippen LogP contribution in [0.1, 0.15) is 72.7 Å². The molecular formula is C49H40FNO14. The van der Waals surface area contributed by atoms with E-state index in [1.807, 2.05) is 0 Å². The van der Waals surface area contributed by atoms with E-state index in [1.165, 1.54) is 72.8 Å². The van der Waals surface area contributed by atoms with Crippen LogP contribution in [0.4, 0.5) is 4.39 Å². The lowest BCUT2D eigenvalue weighted by Gasteiger charge is -2.13. The molecule has 0 aliphatic rings. The summed E-state index contributed by atoms with van der Waals surface area (Å²) in [6, 6.07) is 26.6. The van der Waals surface area contributed by atoms with Gasteiger partial charge in [0, 0.05) is 12.2 Å². The highest BCUT2D eigenvalue weighted by atomic mass is 19.1. The molecule has 0 radical (unpaired) electrons. The molecule has 0 spiro atoms. The van der Waals surface area contributed by atoms with Gasteiger partial charge in [0.25, 0.3) is 0 Å². The number of carbonyl (C=O) groups excluding carboxylic acids is 6. The molecule has 0 bridgehead atoms. The summed E-state index contributed by atoms with van der Waals surface area (Å²) in [4.78, 5) is 74.0. The van der Waals surface area contributed by atoms with Crippen LogP contribution >= 0.6 is 0 Å². The van der Waals surface area contributed by atoms with Gasteiger partial charge in [-0.2, -0.15) is 5.26 Å². The van der Waals surface area contributed by atoms with Gasteiger partial charge in [0.15, 0.2) is 11.6 Å². The van der Waals surface area contributed by atoms with E-state index in [2.05, 4.69) is 13.2 Å². The molecule has 0 amide bonds. The summed E-state index contributed by atoms with van der Waals surface area (Å²) >= 11 is 0. The van der Waals surface area contributed by atoms with Gasteiger partial charge in [-0.15, -0.1) is 0 Å². The van der Waals surface area contributed by atoms with Crippen molar-refractivity contribution >= 4 is 35.8 Å². The zero-order valence-corrected chi connectivity index (χ0v) is 34.7. The summed E-state index contributed by atoms with van der Waals surface area (Å²) in [6.07, 6.45) is 4.65. The lowest BCUT2D eigenvalue weighted by atomic mass is 10.2. The molecule has 0 fully saturated rings. The minimum atomic E-state index is -1.26. The van der Waals surface area contributed by atoms with Gasteiger partial charge >= 0.3 is 35.8 Å². The number of hydrogen-bond donors (Lipinski definition) is 0. The van der Waals surface area contributed by atoms with Crippen LogP contribution in [0, 0.1) is 17.1 Å². The standard InChI is InChI=1S/C49H40FNO14/c1-3-42(52)60-29-7-5-27-58-37-18-9-32(10-19-37)46(54)62-39-22-13-34(14-23-39)48(56)64-41-26-17-36(31-51)44(50)45(41)65-49(57)35-15-24-40(25-16-35)63-47(55)33-11-20-38(21-12-33)59-28-6-8-30-61-43(53)4-2/h3-4,9-26H,1-2,5-8,27-30H2. The Labute approximate surface area is 372 Å². The molecule has 0 heterocycles. The third-order valence-corrected chi connectivity index (χ3v) is 8.80. The molecule has 0 aliphatic carbocycles. The Morgan fingerprint density at radius 1 is 0.477 bits per heavy atom. The molecule has 65 heavy (non-hydrogen) atoms. The van der Waals surface area contributed by atoms with Crippen LogP contribution in [0.5, 0.6) is 34.5 Å². The first-order valence-electron chi connectivity index (χ1n) is 19.8. The van der Waals surface area contributed by atoms with Crippen LogP contribution in [0.15, 0.2) is 135 Å². The number of unbranched alkanes of at least 4 members (excludes halogenated alkanes) is 2. The third-order valence-electron chi connectivity index (χ3n) is 8.80. The van der Waals surface area contributed by atoms with Gasteiger partial charge in [0.2, 0.25) is 5.75 Å². The minimum Gasteiger partial charge on any atom is -0.494 e. The van der Waals surface area contributed by atoms with Crippen molar-refractivity contribution in [2.45, 2.75) is 25.7 Å². The van der Waals surface area contributed by atoms with E-state index < -0.39 is 58.7 Å². The van der Waals surface area contributed by atoms with Gasteiger partial charge in [-0.05, 0) is 135 Å². The molecule has 0 unspecified atom stereocenters. The summed E-state index contributed by atoms with van der Waals surface area (Å²) in [5, 5.41) is 9.42. The Balaban J connectivity index is 1.12. The fourth-order valence-corrected chi connectivity index (χ4v) is 5.39. The number of hydrogen-bond acceptors (Lipinski definition) is 15. The molecule has 0 aromatic heterocycles. The highest BCUT2D eigenvalue weighted by Crippen LogP contribution is 2.34. The fourth-order valence-electron chi connectivity index (χ4n) is 5.39. The van der Waals surface area contributed by atoms with Crippen molar-refractivity contribution in [3.8, 4) is 40.6 Å². The van der Waals surface area contributed by atoms with Crippen molar-refractivity contribution in [3.05, 3.63) is 168 Å². The van der Waals surface area contributed by atoms with E-state index in [0.717, 1.165) is 24.3 Å². The van der Waals surface area contributed by atoms with Crippen LogP contribution in [-0.2, 0) is 19.1 Å². The molecular weight excluding hydrogens is 846 g/mol. The van der Waals surface area contributed by atoms with E-state index in [1.54, 1.807) is 30.3 Å². The molecule has 332 valence electrons. The maximum Gasteiger partial charge on any atom is 0.343 e. The van der Waals surface area contributed by atoms with Crippen LogP contribution in [0.3, 0.4) is 0 Å². The van der Waals surface area contributed by atoms with Crippen LogP contribution in [0.25, 0.3) is 0 Å². The Morgan fingerprint density at radius 3 is 1.22 bits per heavy atom. The normalized spacial score (nSPS) is 10.3. The summed E-state index contributed by atoms with van der Waals surface area (Å²) in [7, 11) is 0. The smallest absolute Gasteiger partial charge is 0.343 e. The quantitative estimate of drug-likeness (QED) is 0.0278. The van der Waals surface area contributed by atoms with E-state index in [-0.39, 0.29) is 47.0 Å². The second-order valence-corrected chi connectivity index (χ2v) is 13.4. The zero-order valence-electron chi connectivity index (χ0n) is 34.7. The topological polar surface area (TPSA) is 200 Å². The average Bonchev–Trinajstić information content (AvgIpc) is 3.32. The Kier molecular flexibility index (Phi) is 17.6. The number of nitrogens with zero attached hydrogens (tertiary/aromatic N) is 1. The summed E-state index contributed by atoms with van der Waals surface area (Å²) in [6.45, 7) is 7.89. The number of benzene rings is 5. The van der Waals surface area contributed by atoms with Gasteiger partial charge in [-0.25, -0.2) is 33.2 Å². The molecule has 5 rings (SSSR count). The van der Waals surface area contributed by atoms with Crippen LogP contribution in [-0.4, -0.2) is 62.2 Å². The highest BCUT2D eigenvalue weighted by molar-refractivity contribution is 5.95. The Hall–Kier alpha value is -8.58. The van der Waals surface area contributed by atoms with Crippen molar-refractivity contribution in [2.24, 2.45) is 0 Å². The second-order valence-electron chi connectivity index (χ2n) is 13.4. The molecule has 15 nitrogen and oxygen atoms in total. The molecule has 16 heteroatoms. The monoisotopic (exact) mass is 885 g/mol. The first-order chi connectivity index (χ1) is 31.5. The molecule has 0 aliphatic heterocycles. The number of halogens is 1. The van der Waals surface area contributed by atoms with E-state index in [9.17, 15) is 34.0 Å². The van der Waals surface area contributed by atoms with Crippen LogP contribution < -0.4 is 28.4 Å². The van der Waals surface area contributed by atoms with Gasteiger partial charge < -0.3 is 37.9 Å². The zero-order chi connectivity index (χ0) is 46.6. The van der Waals surface area contributed by atoms with E-state index >= 15 is 4.39 Å². The Morgan fingerprint density at radius 2 is 0.831 bits per heavy atom. The van der Waals surface area contributed by atoms with E-state index in [0.29, 0.717) is 50.4 Å². The number of nitriles is 1. The lowest BCUT2D eigenvalue weighted by molar-refractivity contribution is -0.138. The fraction of sp³-hybridized carbons (Fsp3) is 0.163. The molecule has 0 saturated carbocycles. The van der Waals surface area contributed by atoms with Crippen molar-refractivity contribution in [2.75, 3.05) is 26.4 Å². The van der Waals surface area contributed by atoms with Crippen molar-refractivity contribution < 1.29 is 71.1 Å². The maximum atomic E-state index is 15.4. The number of rotatable bonds is 22. The van der Waals surface area contributed by atoms with Gasteiger partial charge in [-0.1, -0.05) is 13.2 Å². The van der Waals surface area contributed by atoms with Gasteiger partial charge in [-0.3, -0.25) is 0 Å². The molecule has 0 atom stereocenters. The first-order valence-corrected chi connectivity index (χ1v) is 19.8. The van der Waals surface area contributed by atoms with Gasteiger partial charge in [0.1, 0.15) is 29.1 Å². The molecule has 0 N–H and O–H groups in total. The van der Waals surface area contributed by atoms with Crippen molar-refractivity contribution in [1.82, 2.24) is 0 Å². The third kappa shape index (κ3) is 14.5. The second kappa shape index (κ2) is 24.2. The maximum absolute atomic E-state index is 15.4. The molecule has 5 aromatic rings. The predicted octanol–water partition coefficient (Wildman–Crippen LogP) is 8.35. The van der Waals surface area contributed by atoms with E-state index in [4.69, 9.17) is 37.9 Å². The lowest BCUT2D eigenvalue weighted by Crippen LogP contribution is -2.14. The van der Waals surface area contributed by atoms with Crippen molar-refractivity contribution in [1.29, 1.82) is 5.26 Å². The minimum absolute atomic E-state index is 0.0425. The predicted molar refractivity (Wildman–Crippen MR) is 228 cm³/mol. The summed E-state index contributed by atoms with van der Waals surface area (Å²) < 4.78 is 58.0. The Bertz CT molecular complexity index is 2550. The summed E-state index contributed by atoms with van der Waals surface area (Å²) in [5.74, 6) is -5.83. The average molecular weight is 886 g/mol. The molecule has 5 aromatic carbocycles. The molecule has 0 saturated heterocycles. The largest absolute Gasteiger partial charge is 0.494 e. The van der Waals surface area contributed by atoms with Crippen molar-refractivity contribution in [3.63, 3.8) is 0 Å². The first kappa shape index (κ1) is 47.5. The highest BCUT2D eigenvalue weighted by Gasteiger charge is 2.23. The SMILES string of the molecule is C=CC(=O)OCCCCOc1ccc(C(=O)Oc2ccc(C(=O)Oc3ccc(C#N)c(F)c3OC(=O)c3ccc(OC(=O)c4ccc(OCCCCOC(=O)C=C)cc4)cc3)cc2)cc1. The van der Waals surface area contributed by atoms with Gasteiger partial charge in [0.05, 0.1) is 54.2 Å². The summed E-state index contributed by atoms with van der Waals surface area (Å²) in [5.41, 5.74) is -0.197. The number of esters is 6.